The molecule has 1 fully saturated rings. The van der Waals surface area contributed by atoms with Crippen LogP contribution in [0.1, 0.15) is 13.3 Å². The summed E-state index contributed by atoms with van der Waals surface area (Å²) in [6.45, 7) is 5.37. The number of nitrogens with zero attached hydrogens (tertiary/aromatic N) is 3. The van der Waals surface area contributed by atoms with Gasteiger partial charge in [-0.15, -0.1) is 10.2 Å². The van der Waals surface area contributed by atoms with Crippen LogP contribution in [0.2, 0.25) is 0 Å². The number of hydrogen-bond donors (Lipinski definition) is 1. The van der Waals surface area contributed by atoms with Gasteiger partial charge in [0.15, 0.2) is 0 Å². The molecule has 1 atom stereocenters. The first kappa shape index (κ1) is 8.90. The monoisotopic (exact) mass is 198 g/mol. The normalized spacial score (nSPS) is 23.5. The van der Waals surface area contributed by atoms with Crippen LogP contribution in [0.15, 0.2) is 5.51 Å². The first-order valence-corrected chi connectivity index (χ1v) is 5.52. The Labute approximate surface area is 82.0 Å². The van der Waals surface area contributed by atoms with Crippen LogP contribution < -0.4 is 10.2 Å². The summed E-state index contributed by atoms with van der Waals surface area (Å²) >= 11 is 1.62. The Balaban J connectivity index is 2.00. The highest BCUT2D eigenvalue weighted by Gasteiger charge is 2.19. The fraction of sp³-hybridized carbons (Fsp3) is 0.750. The van der Waals surface area contributed by atoms with Crippen molar-refractivity contribution >= 4 is 16.5 Å². The summed E-state index contributed by atoms with van der Waals surface area (Å²) in [5.74, 6) is 0. The van der Waals surface area contributed by atoms with Gasteiger partial charge in [-0.25, -0.2) is 0 Å². The van der Waals surface area contributed by atoms with Crippen molar-refractivity contribution in [2.75, 3.05) is 24.5 Å². The van der Waals surface area contributed by atoms with Crippen molar-refractivity contribution in [3.05, 3.63) is 5.51 Å². The van der Waals surface area contributed by atoms with Gasteiger partial charge in [0.05, 0.1) is 0 Å². The quantitative estimate of drug-likeness (QED) is 0.760. The van der Waals surface area contributed by atoms with E-state index in [-0.39, 0.29) is 0 Å². The smallest absolute Gasteiger partial charge is 0.208 e. The second-order valence-corrected chi connectivity index (χ2v) is 4.04. The molecule has 1 aromatic heterocycles. The Kier molecular flexibility index (Phi) is 2.75. The maximum atomic E-state index is 4.08. The summed E-state index contributed by atoms with van der Waals surface area (Å²) in [6, 6.07) is 0.609. The van der Waals surface area contributed by atoms with E-state index in [1.165, 1.54) is 6.42 Å². The zero-order valence-electron chi connectivity index (χ0n) is 7.73. The minimum absolute atomic E-state index is 0.609. The van der Waals surface area contributed by atoms with E-state index in [4.69, 9.17) is 0 Å². The van der Waals surface area contributed by atoms with Crippen molar-refractivity contribution < 1.29 is 0 Å². The average molecular weight is 198 g/mol. The van der Waals surface area contributed by atoms with Crippen molar-refractivity contribution in [2.45, 2.75) is 19.4 Å². The van der Waals surface area contributed by atoms with E-state index in [0.717, 1.165) is 24.8 Å². The van der Waals surface area contributed by atoms with Crippen LogP contribution in [0.5, 0.6) is 0 Å². The van der Waals surface area contributed by atoms with Gasteiger partial charge in [0.2, 0.25) is 5.13 Å². The van der Waals surface area contributed by atoms with Gasteiger partial charge in [-0.1, -0.05) is 18.3 Å². The number of nitrogens with one attached hydrogen (secondary N) is 1. The van der Waals surface area contributed by atoms with E-state index >= 15 is 0 Å². The molecule has 1 aliphatic heterocycles. The lowest BCUT2D eigenvalue weighted by Gasteiger charge is -2.32. The summed E-state index contributed by atoms with van der Waals surface area (Å²) in [7, 11) is 0. The highest BCUT2D eigenvalue weighted by atomic mass is 32.1. The SMILES string of the molecule is CCC1CN(c2nncs2)CCN1. The van der Waals surface area contributed by atoms with Crippen LogP contribution in [-0.4, -0.2) is 35.9 Å². The van der Waals surface area contributed by atoms with Crippen molar-refractivity contribution in [2.24, 2.45) is 0 Å². The van der Waals surface area contributed by atoms with Crippen molar-refractivity contribution in [3.63, 3.8) is 0 Å². The van der Waals surface area contributed by atoms with Gasteiger partial charge in [-0.3, -0.25) is 0 Å². The number of aromatic nitrogens is 2. The van der Waals surface area contributed by atoms with Gasteiger partial charge in [-0.2, -0.15) is 0 Å². The van der Waals surface area contributed by atoms with Gasteiger partial charge in [0.25, 0.3) is 0 Å². The van der Waals surface area contributed by atoms with Crippen molar-refractivity contribution in [1.82, 2.24) is 15.5 Å². The summed E-state index contributed by atoms with van der Waals surface area (Å²) < 4.78 is 0. The largest absolute Gasteiger partial charge is 0.344 e. The Morgan fingerprint density at radius 1 is 1.77 bits per heavy atom. The molecule has 5 heteroatoms. The lowest BCUT2D eigenvalue weighted by Crippen LogP contribution is -2.50. The molecule has 1 unspecified atom stereocenters. The van der Waals surface area contributed by atoms with Gasteiger partial charge in [0.1, 0.15) is 5.51 Å². The van der Waals surface area contributed by atoms with Gasteiger partial charge < -0.3 is 10.2 Å². The predicted octanol–water partition coefficient (Wildman–Crippen LogP) is 0.726. The predicted molar refractivity (Wildman–Crippen MR) is 54.2 cm³/mol. The maximum Gasteiger partial charge on any atom is 0.208 e. The molecular weight excluding hydrogens is 184 g/mol. The van der Waals surface area contributed by atoms with Crippen LogP contribution in [0.3, 0.4) is 0 Å². The Hall–Kier alpha value is -0.680. The zero-order chi connectivity index (χ0) is 9.10. The van der Waals surface area contributed by atoms with Crippen molar-refractivity contribution in [3.8, 4) is 0 Å². The third-order valence-electron chi connectivity index (χ3n) is 2.37. The Morgan fingerprint density at radius 3 is 3.38 bits per heavy atom. The Bertz CT molecular complexity index is 249. The third kappa shape index (κ3) is 1.97. The average Bonchev–Trinajstić information content (AvgIpc) is 2.71. The molecule has 13 heavy (non-hydrogen) atoms. The Morgan fingerprint density at radius 2 is 2.69 bits per heavy atom. The molecule has 0 saturated carbocycles. The molecule has 4 nitrogen and oxygen atoms in total. The highest BCUT2D eigenvalue weighted by molar-refractivity contribution is 7.13. The van der Waals surface area contributed by atoms with Crippen LogP contribution in [0.25, 0.3) is 0 Å². The fourth-order valence-electron chi connectivity index (χ4n) is 1.58. The molecule has 0 aromatic carbocycles. The second-order valence-electron chi connectivity index (χ2n) is 3.23. The molecule has 1 saturated heterocycles. The first-order valence-electron chi connectivity index (χ1n) is 4.64. The molecular formula is C8H14N4S. The minimum Gasteiger partial charge on any atom is -0.344 e. The molecule has 72 valence electrons. The van der Waals surface area contributed by atoms with Crippen LogP contribution in [0, 0.1) is 0 Å². The van der Waals surface area contributed by atoms with Crippen molar-refractivity contribution in [1.29, 1.82) is 0 Å². The molecule has 0 aliphatic carbocycles. The zero-order valence-corrected chi connectivity index (χ0v) is 8.55. The molecule has 2 rings (SSSR count). The number of anilines is 1. The van der Waals surface area contributed by atoms with Crippen LogP contribution in [0.4, 0.5) is 5.13 Å². The number of hydrogen-bond acceptors (Lipinski definition) is 5. The lowest BCUT2D eigenvalue weighted by atomic mass is 10.2. The van der Waals surface area contributed by atoms with Gasteiger partial charge >= 0.3 is 0 Å². The van der Waals surface area contributed by atoms with Crippen LogP contribution >= 0.6 is 11.3 Å². The lowest BCUT2D eigenvalue weighted by molar-refractivity contribution is 0.446. The molecule has 1 N–H and O–H groups in total. The van der Waals surface area contributed by atoms with E-state index in [1.807, 2.05) is 0 Å². The molecule has 2 heterocycles. The molecule has 0 radical (unpaired) electrons. The number of rotatable bonds is 2. The van der Waals surface area contributed by atoms with Crippen LogP contribution in [-0.2, 0) is 0 Å². The number of piperazine rings is 1. The van der Waals surface area contributed by atoms with E-state index in [1.54, 1.807) is 16.8 Å². The standard InChI is InChI=1S/C8H14N4S/c1-2-7-5-12(4-3-9-7)8-11-10-6-13-8/h6-7,9H,2-5H2,1H3. The summed E-state index contributed by atoms with van der Waals surface area (Å²) in [5, 5.41) is 12.5. The third-order valence-corrected chi connectivity index (χ3v) is 3.12. The van der Waals surface area contributed by atoms with Gasteiger partial charge in [-0.05, 0) is 6.42 Å². The maximum absolute atomic E-state index is 4.08. The molecule has 1 aromatic rings. The summed E-state index contributed by atoms with van der Waals surface area (Å²) in [5.41, 5.74) is 1.79. The van der Waals surface area contributed by atoms with E-state index < -0.39 is 0 Å². The first-order chi connectivity index (χ1) is 6.40. The van der Waals surface area contributed by atoms with Gasteiger partial charge in [0, 0.05) is 25.7 Å². The molecule has 0 bridgehead atoms. The fourth-order valence-corrected chi connectivity index (χ4v) is 2.18. The van der Waals surface area contributed by atoms with E-state index in [0.29, 0.717) is 6.04 Å². The van der Waals surface area contributed by atoms with E-state index in [9.17, 15) is 0 Å². The van der Waals surface area contributed by atoms with E-state index in [2.05, 4.69) is 27.3 Å². The molecule has 0 spiro atoms. The summed E-state index contributed by atoms with van der Waals surface area (Å²) in [6.07, 6.45) is 1.18. The second kappa shape index (κ2) is 4.02. The summed E-state index contributed by atoms with van der Waals surface area (Å²) in [4.78, 5) is 2.31. The molecule has 0 amide bonds. The highest BCUT2D eigenvalue weighted by Crippen LogP contribution is 2.17. The molecule has 1 aliphatic rings. The topological polar surface area (TPSA) is 41.1 Å². The minimum atomic E-state index is 0.609.